The molecule has 0 N–H and O–H groups in total. The summed E-state index contributed by atoms with van der Waals surface area (Å²) in [6.45, 7) is 4.63. The number of carbonyl (C=O) groups excluding carboxylic acids is 1. The second-order valence-corrected chi connectivity index (χ2v) is 6.83. The summed E-state index contributed by atoms with van der Waals surface area (Å²) in [5.74, 6) is 0.425. The van der Waals surface area contributed by atoms with Crippen molar-refractivity contribution in [1.29, 1.82) is 0 Å². The molecule has 2 nitrogen and oxygen atoms in total. The lowest BCUT2D eigenvalue weighted by atomic mass is 10.0. The van der Waals surface area contributed by atoms with Crippen LogP contribution in [0.2, 0.25) is 0 Å². The van der Waals surface area contributed by atoms with Crippen molar-refractivity contribution in [2.24, 2.45) is 5.92 Å². The molecule has 15 heavy (non-hydrogen) atoms. The van der Waals surface area contributed by atoms with Crippen LogP contribution >= 0.6 is 21.6 Å². The summed E-state index contributed by atoms with van der Waals surface area (Å²) in [5, 5.41) is 0.537. The summed E-state index contributed by atoms with van der Waals surface area (Å²) >= 11 is 0. The highest BCUT2D eigenvalue weighted by Crippen LogP contribution is 2.36. The molecule has 1 aliphatic rings. The first kappa shape index (κ1) is 13.2. The van der Waals surface area contributed by atoms with Crippen LogP contribution in [0.4, 0.5) is 4.79 Å². The van der Waals surface area contributed by atoms with Gasteiger partial charge in [-0.15, -0.1) is 0 Å². The normalized spacial score (nSPS) is 18.1. The van der Waals surface area contributed by atoms with Gasteiger partial charge in [-0.05, 0) is 18.8 Å². The van der Waals surface area contributed by atoms with Gasteiger partial charge in [0.15, 0.2) is 0 Å². The van der Waals surface area contributed by atoms with Gasteiger partial charge in [0.25, 0.3) is 0 Å². The molecule has 1 fully saturated rings. The van der Waals surface area contributed by atoms with Crippen LogP contribution in [0.1, 0.15) is 46.0 Å². The van der Waals surface area contributed by atoms with Gasteiger partial charge >= 0.3 is 5.30 Å². The first-order valence-corrected chi connectivity index (χ1v) is 7.90. The van der Waals surface area contributed by atoms with Gasteiger partial charge in [-0.1, -0.05) is 43.9 Å². The molecule has 0 aromatic carbocycles. The zero-order valence-corrected chi connectivity index (χ0v) is 11.2. The predicted octanol–water partition coefficient (Wildman–Crippen LogP) is 4.49. The molecule has 1 rings (SSSR count). The van der Waals surface area contributed by atoms with E-state index in [9.17, 15) is 4.79 Å². The lowest BCUT2D eigenvalue weighted by Gasteiger charge is -2.19. The van der Waals surface area contributed by atoms with E-state index in [-0.39, 0.29) is 5.30 Å². The van der Waals surface area contributed by atoms with E-state index in [1.54, 1.807) is 10.8 Å². The molecule has 0 aromatic rings. The van der Waals surface area contributed by atoms with Crippen LogP contribution in [0.15, 0.2) is 0 Å². The molecule has 88 valence electrons. The molecule has 1 saturated carbocycles. The van der Waals surface area contributed by atoms with Crippen molar-refractivity contribution < 1.29 is 9.53 Å². The Morgan fingerprint density at radius 1 is 1.33 bits per heavy atom. The molecule has 1 aliphatic carbocycles. The summed E-state index contributed by atoms with van der Waals surface area (Å²) < 4.78 is 5.10. The highest BCUT2D eigenvalue weighted by Gasteiger charge is 2.16. The SMILES string of the molecule is CC(C)COC(=O)SSC1CCCCC1. The fourth-order valence-corrected chi connectivity index (χ4v) is 3.75. The van der Waals surface area contributed by atoms with Crippen LogP contribution in [0.25, 0.3) is 0 Å². The van der Waals surface area contributed by atoms with E-state index in [0.717, 1.165) is 0 Å². The predicted molar refractivity (Wildman–Crippen MR) is 68.2 cm³/mol. The van der Waals surface area contributed by atoms with E-state index in [4.69, 9.17) is 4.74 Å². The third-order valence-electron chi connectivity index (χ3n) is 2.34. The first-order valence-electron chi connectivity index (χ1n) is 5.68. The lowest BCUT2D eigenvalue weighted by Crippen LogP contribution is -2.08. The monoisotopic (exact) mass is 248 g/mol. The summed E-state index contributed by atoms with van der Waals surface area (Å²) in [6.07, 6.45) is 6.52. The average molecular weight is 248 g/mol. The molecule has 0 unspecified atom stereocenters. The molecule has 0 radical (unpaired) electrons. The molecule has 0 bridgehead atoms. The van der Waals surface area contributed by atoms with Gasteiger partial charge in [-0.3, -0.25) is 0 Å². The standard InChI is InChI=1S/C11H20O2S2/c1-9(2)8-13-11(12)15-14-10-6-4-3-5-7-10/h9-10H,3-8H2,1-2H3. The maximum absolute atomic E-state index is 11.3. The van der Waals surface area contributed by atoms with Crippen molar-refractivity contribution in [3.63, 3.8) is 0 Å². The Labute approximate surface area is 100 Å². The molecule has 0 atom stereocenters. The minimum absolute atomic E-state index is 0.126. The summed E-state index contributed by atoms with van der Waals surface area (Å²) in [7, 11) is 2.98. The van der Waals surface area contributed by atoms with Gasteiger partial charge in [0.2, 0.25) is 0 Å². The van der Waals surface area contributed by atoms with Crippen LogP contribution in [0.5, 0.6) is 0 Å². The number of hydrogen-bond donors (Lipinski definition) is 0. The van der Waals surface area contributed by atoms with E-state index < -0.39 is 0 Å². The zero-order chi connectivity index (χ0) is 11.1. The fraction of sp³-hybridized carbons (Fsp3) is 0.909. The molecule has 0 spiro atoms. The van der Waals surface area contributed by atoms with Gasteiger partial charge in [-0.2, -0.15) is 0 Å². The molecule has 0 heterocycles. The third kappa shape index (κ3) is 6.36. The molecular weight excluding hydrogens is 228 g/mol. The third-order valence-corrected chi connectivity index (χ3v) is 4.95. The van der Waals surface area contributed by atoms with Gasteiger partial charge in [-0.25, -0.2) is 4.79 Å². The Bertz CT molecular complexity index is 189. The second kappa shape index (κ2) is 7.44. The van der Waals surface area contributed by atoms with Gasteiger partial charge in [0, 0.05) is 16.0 Å². The second-order valence-electron chi connectivity index (χ2n) is 4.39. The van der Waals surface area contributed by atoms with Crippen molar-refractivity contribution in [2.45, 2.75) is 51.2 Å². The highest BCUT2D eigenvalue weighted by atomic mass is 33.1. The van der Waals surface area contributed by atoms with Gasteiger partial charge < -0.3 is 4.74 Å². The Balaban J connectivity index is 2.05. The quantitative estimate of drug-likeness (QED) is 0.541. The van der Waals surface area contributed by atoms with Crippen molar-refractivity contribution in [3.8, 4) is 0 Å². The maximum Gasteiger partial charge on any atom is 0.378 e. The van der Waals surface area contributed by atoms with E-state index in [0.29, 0.717) is 17.8 Å². The van der Waals surface area contributed by atoms with Crippen molar-refractivity contribution in [2.75, 3.05) is 6.61 Å². The summed E-state index contributed by atoms with van der Waals surface area (Å²) in [4.78, 5) is 11.3. The molecule has 0 aliphatic heterocycles. The fourth-order valence-electron chi connectivity index (χ4n) is 1.53. The molecule has 0 aromatic heterocycles. The number of ether oxygens (including phenoxy) is 1. The molecule has 0 amide bonds. The Hall–Kier alpha value is 0.170. The van der Waals surface area contributed by atoms with Crippen LogP contribution in [0, 0.1) is 5.92 Å². The van der Waals surface area contributed by atoms with E-state index >= 15 is 0 Å². The van der Waals surface area contributed by atoms with Crippen LogP contribution in [-0.4, -0.2) is 17.2 Å². The van der Waals surface area contributed by atoms with Crippen molar-refractivity contribution in [3.05, 3.63) is 0 Å². The highest BCUT2D eigenvalue weighted by molar-refractivity contribution is 8.82. The lowest BCUT2D eigenvalue weighted by molar-refractivity contribution is 0.161. The minimum atomic E-state index is -0.126. The Kier molecular flexibility index (Phi) is 6.57. The van der Waals surface area contributed by atoms with Crippen LogP contribution in [-0.2, 0) is 4.74 Å². The number of carbonyl (C=O) groups is 1. The smallest absolute Gasteiger partial charge is 0.378 e. The number of rotatable bonds is 4. The van der Waals surface area contributed by atoms with Crippen molar-refractivity contribution in [1.82, 2.24) is 0 Å². The van der Waals surface area contributed by atoms with Crippen molar-refractivity contribution >= 4 is 26.9 Å². The first-order chi connectivity index (χ1) is 7.18. The molecule has 4 heteroatoms. The largest absolute Gasteiger partial charge is 0.457 e. The average Bonchev–Trinajstić information content (AvgIpc) is 2.25. The summed E-state index contributed by atoms with van der Waals surface area (Å²) in [6, 6.07) is 0. The minimum Gasteiger partial charge on any atom is -0.457 e. The summed E-state index contributed by atoms with van der Waals surface area (Å²) in [5.41, 5.74) is 0. The topological polar surface area (TPSA) is 26.3 Å². The van der Waals surface area contributed by atoms with Crippen LogP contribution in [0.3, 0.4) is 0 Å². The maximum atomic E-state index is 11.3. The van der Waals surface area contributed by atoms with E-state index in [1.807, 2.05) is 13.8 Å². The van der Waals surface area contributed by atoms with E-state index in [2.05, 4.69) is 0 Å². The van der Waals surface area contributed by atoms with E-state index in [1.165, 1.54) is 42.9 Å². The molecule has 0 saturated heterocycles. The zero-order valence-electron chi connectivity index (χ0n) is 9.53. The van der Waals surface area contributed by atoms with Crippen LogP contribution < -0.4 is 0 Å². The van der Waals surface area contributed by atoms with Gasteiger partial charge in [0.05, 0.1) is 6.61 Å². The Morgan fingerprint density at radius 2 is 2.00 bits per heavy atom. The Morgan fingerprint density at radius 3 is 2.60 bits per heavy atom. The number of hydrogen-bond acceptors (Lipinski definition) is 4. The molecular formula is C11H20O2S2. The van der Waals surface area contributed by atoms with Gasteiger partial charge in [0.1, 0.15) is 0 Å².